The van der Waals surface area contributed by atoms with Gasteiger partial charge in [0, 0.05) is 31.9 Å². The molecule has 0 radical (unpaired) electrons. The molecule has 2 rings (SSSR count). The first-order valence-corrected chi connectivity index (χ1v) is 7.50. The van der Waals surface area contributed by atoms with Crippen LogP contribution in [0, 0.1) is 0 Å². The summed E-state index contributed by atoms with van der Waals surface area (Å²) in [6.45, 7) is 6.05. The Kier molecular flexibility index (Phi) is 5.87. The molecular formula is C16H24N2O2. The van der Waals surface area contributed by atoms with Gasteiger partial charge in [0.2, 0.25) is 0 Å². The Morgan fingerprint density at radius 2 is 2.05 bits per heavy atom. The third-order valence-corrected chi connectivity index (χ3v) is 3.57. The van der Waals surface area contributed by atoms with E-state index >= 15 is 0 Å². The molecule has 1 aromatic carbocycles. The number of para-hydroxylation sites is 1. The summed E-state index contributed by atoms with van der Waals surface area (Å²) in [4.78, 5) is 13.7. The molecule has 0 amide bonds. The molecule has 1 aromatic rings. The number of hydrogen-bond donors (Lipinski definition) is 1. The fourth-order valence-electron chi connectivity index (χ4n) is 2.57. The molecule has 0 spiro atoms. The molecule has 0 bridgehead atoms. The van der Waals surface area contributed by atoms with Gasteiger partial charge in [-0.25, -0.2) is 0 Å². The largest absolute Gasteiger partial charge is 0.466 e. The van der Waals surface area contributed by atoms with Gasteiger partial charge in [-0.2, -0.15) is 0 Å². The van der Waals surface area contributed by atoms with Crippen LogP contribution in [0.1, 0.15) is 31.7 Å². The highest BCUT2D eigenvalue weighted by Crippen LogP contribution is 2.24. The van der Waals surface area contributed by atoms with Crippen molar-refractivity contribution in [1.82, 2.24) is 5.32 Å². The topological polar surface area (TPSA) is 41.6 Å². The Balaban J connectivity index is 1.82. The van der Waals surface area contributed by atoms with Crippen LogP contribution in [0.15, 0.2) is 24.3 Å². The Labute approximate surface area is 121 Å². The third kappa shape index (κ3) is 4.23. The highest BCUT2D eigenvalue weighted by atomic mass is 16.5. The van der Waals surface area contributed by atoms with Gasteiger partial charge >= 0.3 is 5.97 Å². The number of rotatable bonds is 7. The van der Waals surface area contributed by atoms with Crippen LogP contribution in [-0.2, 0) is 16.1 Å². The second-order valence-corrected chi connectivity index (χ2v) is 5.05. The van der Waals surface area contributed by atoms with E-state index in [0.717, 1.165) is 19.6 Å². The van der Waals surface area contributed by atoms with Crippen LogP contribution in [0.4, 0.5) is 5.69 Å². The lowest BCUT2D eigenvalue weighted by atomic mass is 10.1. The van der Waals surface area contributed by atoms with Crippen LogP contribution in [0.3, 0.4) is 0 Å². The predicted octanol–water partition coefficient (Wildman–Crippen LogP) is 2.33. The van der Waals surface area contributed by atoms with E-state index < -0.39 is 0 Å². The summed E-state index contributed by atoms with van der Waals surface area (Å²) < 4.78 is 4.91. The van der Waals surface area contributed by atoms with Gasteiger partial charge in [-0.3, -0.25) is 4.79 Å². The molecule has 1 saturated heterocycles. The minimum atomic E-state index is -0.132. The van der Waals surface area contributed by atoms with Crippen LogP contribution < -0.4 is 10.2 Å². The molecule has 1 N–H and O–H groups in total. The second-order valence-electron chi connectivity index (χ2n) is 5.05. The minimum Gasteiger partial charge on any atom is -0.466 e. The number of esters is 1. The van der Waals surface area contributed by atoms with Gasteiger partial charge in [0.05, 0.1) is 13.0 Å². The maximum absolute atomic E-state index is 11.3. The maximum atomic E-state index is 11.3. The lowest BCUT2D eigenvalue weighted by Gasteiger charge is -2.21. The van der Waals surface area contributed by atoms with Crippen LogP contribution in [0.2, 0.25) is 0 Å². The number of carbonyl (C=O) groups is 1. The summed E-state index contributed by atoms with van der Waals surface area (Å²) in [5, 5.41) is 3.33. The Morgan fingerprint density at radius 1 is 1.30 bits per heavy atom. The van der Waals surface area contributed by atoms with E-state index in [1.54, 1.807) is 0 Å². The number of hydrogen-bond acceptors (Lipinski definition) is 4. The van der Waals surface area contributed by atoms with E-state index in [2.05, 4.69) is 34.5 Å². The lowest BCUT2D eigenvalue weighted by molar-refractivity contribution is -0.142. The van der Waals surface area contributed by atoms with Crippen molar-refractivity contribution in [2.24, 2.45) is 0 Å². The van der Waals surface area contributed by atoms with E-state index in [9.17, 15) is 4.79 Å². The molecule has 1 fully saturated rings. The van der Waals surface area contributed by atoms with Crippen molar-refractivity contribution < 1.29 is 9.53 Å². The van der Waals surface area contributed by atoms with Crippen LogP contribution in [0.25, 0.3) is 0 Å². The number of nitrogens with one attached hydrogen (secondary N) is 1. The summed E-state index contributed by atoms with van der Waals surface area (Å²) in [6.07, 6.45) is 3.00. The van der Waals surface area contributed by atoms with Crippen molar-refractivity contribution in [1.29, 1.82) is 0 Å². The highest BCUT2D eigenvalue weighted by Gasteiger charge is 2.14. The normalized spacial score (nSPS) is 14.6. The maximum Gasteiger partial charge on any atom is 0.307 e. The molecule has 0 saturated carbocycles. The predicted molar refractivity (Wildman–Crippen MR) is 80.8 cm³/mol. The van der Waals surface area contributed by atoms with Gasteiger partial charge < -0.3 is 15.0 Å². The lowest BCUT2D eigenvalue weighted by Crippen LogP contribution is -2.23. The van der Waals surface area contributed by atoms with Crippen molar-refractivity contribution >= 4 is 11.7 Å². The molecule has 0 aliphatic carbocycles. The summed E-state index contributed by atoms with van der Waals surface area (Å²) in [6, 6.07) is 8.51. The summed E-state index contributed by atoms with van der Waals surface area (Å²) in [7, 11) is 0. The molecule has 4 heteroatoms. The van der Waals surface area contributed by atoms with Gasteiger partial charge in [-0.15, -0.1) is 0 Å². The zero-order valence-corrected chi connectivity index (χ0v) is 12.2. The van der Waals surface area contributed by atoms with Crippen molar-refractivity contribution in [3.05, 3.63) is 29.8 Å². The fraction of sp³-hybridized carbons (Fsp3) is 0.562. The molecule has 20 heavy (non-hydrogen) atoms. The zero-order chi connectivity index (χ0) is 14.2. The van der Waals surface area contributed by atoms with Crippen molar-refractivity contribution in [3.63, 3.8) is 0 Å². The average Bonchev–Trinajstić information content (AvgIpc) is 2.98. The van der Waals surface area contributed by atoms with Crippen molar-refractivity contribution in [3.8, 4) is 0 Å². The quantitative estimate of drug-likeness (QED) is 0.613. The van der Waals surface area contributed by atoms with Gasteiger partial charge in [-0.05, 0) is 31.4 Å². The summed E-state index contributed by atoms with van der Waals surface area (Å²) >= 11 is 0. The first-order valence-electron chi connectivity index (χ1n) is 7.50. The Hall–Kier alpha value is -1.55. The molecule has 1 heterocycles. The fourth-order valence-corrected chi connectivity index (χ4v) is 2.57. The molecule has 0 atom stereocenters. The molecule has 0 unspecified atom stereocenters. The second kappa shape index (κ2) is 7.90. The van der Waals surface area contributed by atoms with Crippen LogP contribution in [0.5, 0.6) is 0 Å². The van der Waals surface area contributed by atoms with Crippen LogP contribution in [-0.4, -0.2) is 32.2 Å². The van der Waals surface area contributed by atoms with E-state index in [4.69, 9.17) is 4.74 Å². The van der Waals surface area contributed by atoms with Gasteiger partial charge in [0.25, 0.3) is 0 Å². The first kappa shape index (κ1) is 14.9. The van der Waals surface area contributed by atoms with Gasteiger partial charge in [0.15, 0.2) is 0 Å². The highest BCUT2D eigenvalue weighted by molar-refractivity contribution is 5.69. The standard InChI is InChI=1S/C16H24N2O2/c1-2-20-16(19)9-10-17-13-14-7-3-4-8-15(14)18-11-5-6-12-18/h3-4,7-8,17H,2,5-6,9-13H2,1H3. The SMILES string of the molecule is CCOC(=O)CCNCc1ccccc1N1CCCC1. The van der Waals surface area contributed by atoms with Crippen molar-refractivity contribution in [2.75, 3.05) is 31.1 Å². The van der Waals surface area contributed by atoms with Crippen LogP contribution >= 0.6 is 0 Å². The molecule has 1 aliphatic heterocycles. The molecule has 0 aromatic heterocycles. The third-order valence-electron chi connectivity index (χ3n) is 3.57. The van der Waals surface area contributed by atoms with E-state index in [1.165, 1.54) is 24.1 Å². The molecule has 1 aliphatic rings. The number of anilines is 1. The van der Waals surface area contributed by atoms with E-state index in [0.29, 0.717) is 19.6 Å². The first-order chi connectivity index (χ1) is 9.81. The number of nitrogens with zero attached hydrogens (tertiary/aromatic N) is 1. The van der Waals surface area contributed by atoms with Gasteiger partial charge in [0.1, 0.15) is 0 Å². The summed E-state index contributed by atoms with van der Waals surface area (Å²) in [5.41, 5.74) is 2.63. The summed E-state index contributed by atoms with van der Waals surface area (Å²) in [5.74, 6) is -0.132. The zero-order valence-electron chi connectivity index (χ0n) is 12.2. The van der Waals surface area contributed by atoms with E-state index in [-0.39, 0.29) is 5.97 Å². The number of ether oxygens (including phenoxy) is 1. The molecule has 110 valence electrons. The van der Waals surface area contributed by atoms with Gasteiger partial charge in [-0.1, -0.05) is 18.2 Å². The molecule has 4 nitrogen and oxygen atoms in total. The number of carbonyl (C=O) groups excluding carboxylic acids is 1. The number of benzene rings is 1. The average molecular weight is 276 g/mol. The van der Waals surface area contributed by atoms with Crippen molar-refractivity contribution in [2.45, 2.75) is 32.7 Å². The minimum absolute atomic E-state index is 0.132. The smallest absolute Gasteiger partial charge is 0.307 e. The Bertz CT molecular complexity index is 428. The van der Waals surface area contributed by atoms with E-state index in [1.807, 2.05) is 6.92 Å². The Morgan fingerprint density at radius 3 is 2.80 bits per heavy atom. The monoisotopic (exact) mass is 276 g/mol. The molecular weight excluding hydrogens is 252 g/mol.